The molecule has 1 aliphatic heterocycles. The number of benzene rings is 3. The number of halogens is 1. The molecule has 0 radical (unpaired) electrons. The lowest BCUT2D eigenvalue weighted by Crippen LogP contribution is -2.11. The van der Waals surface area contributed by atoms with Gasteiger partial charge >= 0.3 is 0 Å². The smallest absolute Gasteiger partial charge is 0.0850 e. The zero-order valence-corrected chi connectivity index (χ0v) is 15.6. The third-order valence-electron chi connectivity index (χ3n) is 5.24. The van der Waals surface area contributed by atoms with Crippen molar-refractivity contribution >= 4 is 22.5 Å². The maximum atomic E-state index is 6.38. The molecule has 2 heterocycles. The van der Waals surface area contributed by atoms with E-state index in [-0.39, 0.29) is 6.04 Å². The minimum Gasteiger partial charge on any atom is -0.373 e. The van der Waals surface area contributed by atoms with Crippen molar-refractivity contribution in [2.24, 2.45) is 0 Å². The molecule has 1 aromatic heterocycles. The first-order chi connectivity index (χ1) is 13.3. The third-order valence-corrected chi connectivity index (χ3v) is 5.47. The number of nitrogens with zero attached hydrogens (tertiary/aromatic N) is 1. The second-order valence-electron chi connectivity index (χ2n) is 7.11. The maximum Gasteiger partial charge on any atom is 0.0850 e. The van der Waals surface area contributed by atoms with Crippen LogP contribution in [0.1, 0.15) is 22.7 Å². The van der Waals surface area contributed by atoms with Gasteiger partial charge in [0, 0.05) is 23.0 Å². The van der Waals surface area contributed by atoms with Crippen LogP contribution in [-0.2, 0) is 11.2 Å². The lowest BCUT2D eigenvalue weighted by Gasteiger charge is -2.21. The lowest BCUT2D eigenvalue weighted by atomic mass is 9.98. The SMILES string of the molecule is Clc1ccc2c(CC3CO3)cn(C(c3ccccc3)c3ccccc3)c2c1. The van der Waals surface area contributed by atoms with Crippen LogP contribution in [0.3, 0.4) is 0 Å². The van der Waals surface area contributed by atoms with E-state index in [2.05, 4.69) is 83.6 Å². The van der Waals surface area contributed by atoms with E-state index in [4.69, 9.17) is 16.3 Å². The Morgan fingerprint density at radius 1 is 0.926 bits per heavy atom. The Morgan fingerprint density at radius 2 is 1.56 bits per heavy atom. The molecule has 1 aliphatic rings. The van der Waals surface area contributed by atoms with Gasteiger partial charge in [0.1, 0.15) is 0 Å². The maximum absolute atomic E-state index is 6.38. The molecule has 0 bridgehead atoms. The van der Waals surface area contributed by atoms with Crippen LogP contribution in [0.15, 0.2) is 85.1 Å². The third kappa shape index (κ3) is 3.27. The molecular formula is C24H20ClNO. The van der Waals surface area contributed by atoms with Gasteiger partial charge in [-0.25, -0.2) is 0 Å². The highest BCUT2D eigenvalue weighted by Gasteiger charge is 2.26. The Hall–Kier alpha value is -2.55. The fourth-order valence-electron chi connectivity index (χ4n) is 3.89. The second-order valence-corrected chi connectivity index (χ2v) is 7.54. The molecule has 3 aromatic carbocycles. The summed E-state index contributed by atoms with van der Waals surface area (Å²) in [5.41, 5.74) is 5.00. The van der Waals surface area contributed by atoms with Gasteiger partial charge < -0.3 is 9.30 Å². The Balaban J connectivity index is 1.73. The zero-order chi connectivity index (χ0) is 18.2. The van der Waals surface area contributed by atoms with E-state index < -0.39 is 0 Å². The van der Waals surface area contributed by atoms with Crippen LogP contribution in [0.2, 0.25) is 5.02 Å². The molecule has 1 unspecified atom stereocenters. The lowest BCUT2D eigenvalue weighted by molar-refractivity contribution is 0.408. The highest BCUT2D eigenvalue weighted by Crippen LogP contribution is 2.35. The van der Waals surface area contributed by atoms with Crippen molar-refractivity contribution in [1.82, 2.24) is 4.57 Å². The fraction of sp³-hybridized carbons (Fsp3) is 0.167. The molecule has 0 saturated carbocycles. The van der Waals surface area contributed by atoms with Gasteiger partial charge in [0.2, 0.25) is 0 Å². The fourth-order valence-corrected chi connectivity index (χ4v) is 4.06. The second kappa shape index (κ2) is 6.88. The van der Waals surface area contributed by atoms with Crippen LogP contribution >= 0.6 is 11.6 Å². The van der Waals surface area contributed by atoms with E-state index in [1.165, 1.54) is 22.1 Å². The van der Waals surface area contributed by atoms with Crippen molar-refractivity contribution in [2.75, 3.05) is 6.61 Å². The molecule has 0 aliphatic carbocycles. The number of fused-ring (bicyclic) bond motifs is 1. The molecule has 1 fully saturated rings. The first-order valence-electron chi connectivity index (χ1n) is 9.30. The molecule has 4 aromatic rings. The van der Waals surface area contributed by atoms with E-state index in [9.17, 15) is 0 Å². The number of hydrogen-bond donors (Lipinski definition) is 0. The van der Waals surface area contributed by atoms with E-state index in [1.807, 2.05) is 6.07 Å². The molecule has 1 saturated heterocycles. The number of aromatic nitrogens is 1. The van der Waals surface area contributed by atoms with Gasteiger partial charge in [-0.3, -0.25) is 0 Å². The molecule has 27 heavy (non-hydrogen) atoms. The van der Waals surface area contributed by atoms with Crippen molar-refractivity contribution in [3.05, 3.63) is 107 Å². The van der Waals surface area contributed by atoms with Crippen molar-refractivity contribution in [1.29, 1.82) is 0 Å². The summed E-state index contributed by atoms with van der Waals surface area (Å²) in [6.07, 6.45) is 3.58. The Bertz CT molecular complexity index is 1030. The van der Waals surface area contributed by atoms with Crippen molar-refractivity contribution in [2.45, 2.75) is 18.6 Å². The first-order valence-corrected chi connectivity index (χ1v) is 9.68. The van der Waals surface area contributed by atoms with Gasteiger partial charge in [-0.2, -0.15) is 0 Å². The Morgan fingerprint density at radius 3 is 2.15 bits per heavy atom. The zero-order valence-electron chi connectivity index (χ0n) is 14.9. The van der Waals surface area contributed by atoms with Crippen LogP contribution in [-0.4, -0.2) is 17.3 Å². The van der Waals surface area contributed by atoms with Crippen molar-refractivity contribution < 1.29 is 4.74 Å². The number of ether oxygens (including phenoxy) is 1. The molecule has 0 N–H and O–H groups in total. The predicted octanol–water partition coefficient (Wildman–Crippen LogP) is 5.87. The summed E-state index contributed by atoms with van der Waals surface area (Å²) < 4.78 is 7.85. The highest BCUT2D eigenvalue weighted by molar-refractivity contribution is 6.31. The van der Waals surface area contributed by atoms with E-state index in [0.29, 0.717) is 6.10 Å². The van der Waals surface area contributed by atoms with Crippen LogP contribution in [0.4, 0.5) is 0 Å². The standard InChI is InChI=1S/C24H20ClNO/c25-20-11-12-22-19(13-21-16-27-21)15-26(23(22)14-20)24(17-7-3-1-4-8-17)18-9-5-2-6-10-18/h1-12,14-15,21,24H,13,16H2. The van der Waals surface area contributed by atoms with Crippen LogP contribution in [0.25, 0.3) is 10.9 Å². The molecule has 0 amide bonds. The Labute approximate surface area is 164 Å². The quantitative estimate of drug-likeness (QED) is 0.400. The number of epoxide rings is 1. The topological polar surface area (TPSA) is 17.5 Å². The average Bonchev–Trinajstić information content (AvgIpc) is 3.46. The average molecular weight is 374 g/mol. The van der Waals surface area contributed by atoms with Gasteiger partial charge in [-0.15, -0.1) is 0 Å². The molecule has 134 valence electrons. The predicted molar refractivity (Wildman–Crippen MR) is 111 cm³/mol. The summed E-state index contributed by atoms with van der Waals surface area (Å²) >= 11 is 6.38. The highest BCUT2D eigenvalue weighted by atomic mass is 35.5. The van der Waals surface area contributed by atoms with Gasteiger partial charge in [0.05, 0.1) is 24.3 Å². The van der Waals surface area contributed by atoms with Crippen LogP contribution in [0, 0.1) is 0 Å². The van der Waals surface area contributed by atoms with Crippen molar-refractivity contribution in [3.8, 4) is 0 Å². The van der Waals surface area contributed by atoms with E-state index in [0.717, 1.165) is 23.6 Å². The van der Waals surface area contributed by atoms with Gasteiger partial charge in [0.15, 0.2) is 0 Å². The summed E-state index contributed by atoms with van der Waals surface area (Å²) in [6.45, 7) is 0.862. The normalized spacial score (nSPS) is 16.1. The largest absolute Gasteiger partial charge is 0.373 e. The van der Waals surface area contributed by atoms with Gasteiger partial charge in [-0.1, -0.05) is 78.3 Å². The molecule has 3 heteroatoms. The summed E-state index contributed by atoms with van der Waals surface area (Å²) in [7, 11) is 0. The summed E-state index contributed by atoms with van der Waals surface area (Å²) in [4.78, 5) is 0. The van der Waals surface area contributed by atoms with Crippen molar-refractivity contribution in [3.63, 3.8) is 0 Å². The minimum atomic E-state index is 0.0993. The molecule has 0 spiro atoms. The first kappa shape index (κ1) is 16.6. The molecule has 5 rings (SSSR count). The molecule has 1 atom stereocenters. The Kier molecular flexibility index (Phi) is 4.23. The van der Waals surface area contributed by atoms with Crippen LogP contribution in [0.5, 0.6) is 0 Å². The molecule has 2 nitrogen and oxygen atoms in total. The van der Waals surface area contributed by atoms with Gasteiger partial charge in [0.25, 0.3) is 0 Å². The number of hydrogen-bond acceptors (Lipinski definition) is 1. The van der Waals surface area contributed by atoms with Crippen LogP contribution < -0.4 is 0 Å². The van der Waals surface area contributed by atoms with Gasteiger partial charge in [-0.05, 0) is 28.8 Å². The summed E-state index contributed by atoms with van der Waals surface area (Å²) in [5, 5.41) is 2.02. The summed E-state index contributed by atoms with van der Waals surface area (Å²) in [6, 6.07) is 27.6. The summed E-state index contributed by atoms with van der Waals surface area (Å²) in [5.74, 6) is 0. The number of rotatable bonds is 5. The van der Waals surface area contributed by atoms with E-state index >= 15 is 0 Å². The monoisotopic (exact) mass is 373 g/mol. The minimum absolute atomic E-state index is 0.0993. The van der Waals surface area contributed by atoms with E-state index in [1.54, 1.807) is 0 Å². The molecular weight excluding hydrogens is 354 g/mol.